The van der Waals surface area contributed by atoms with Crippen LogP contribution >= 0.6 is 0 Å². The van der Waals surface area contributed by atoms with E-state index in [1.807, 2.05) is 7.05 Å². The summed E-state index contributed by atoms with van der Waals surface area (Å²) in [5, 5.41) is 3.39. The van der Waals surface area contributed by atoms with Gasteiger partial charge in [-0.3, -0.25) is 0 Å². The average molecular weight is 289 g/mol. The highest BCUT2D eigenvalue weighted by atomic mass is 32.2. The van der Waals surface area contributed by atoms with Crippen LogP contribution in [-0.4, -0.2) is 33.0 Å². The summed E-state index contributed by atoms with van der Waals surface area (Å²) in [4.78, 5) is 0. The van der Waals surface area contributed by atoms with Crippen molar-refractivity contribution in [1.29, 1.82) is 0 Å². The van der Waals surface area contributed by atoms with Gasteiger partial charge >= 0.3 is 0 Å². The lowest BCUT2D eigenvalue weighted by Crippen LogP contribution is -2.42. The van der Waals surface area contributed by atoms with Gasteiger partial charge in [-0.25, -0.2) is 8.42 Å². The van der Waals surface area contributed by atoms with Crippen molar-refractivity contribution in [3.05, 3.63) is 0 Å². The van der Waals surface area contributed by atoms with Crippen LogP contribution in [0.25, 0.3) is 0 Å². The molecule has 3 unspecified atom stereocenters. The van der Waals surface area contributed by atoms with E-state index in [4.69, 9.17) is 0 Å². The van der Waals surface area contributed by atoms with E-state index in [0.717, 1.165) is 12.8 Å². The predicted molar refractivity (Wildman–Crippen MR) is 82.1 cm³/mol. The Morgan fingerprint density at radius 3 is 2.32 bits per heavy atom. The van der Waals surface area contributed by atoms with Crippen molar-refractivity contribution in [3.8, 4) is 0 Å². The topological polar surface area (TPSA) is 46.2 Å². The number of nitrogens with one attached hydrogen (secondary N) is 1. The van der Waals surface area contributed by atoms with E-state index < -0.39 is 9.84 Å². The molecule has 1 aliphatic carbocycles. The summed E-state index contributed by atoms with van der Waals surface area (Å²) < 4.78 is 23.4. The Bertz CT molecular complexity index is 370. The van der Waals surface area contributed by atoms with Crippen molar-refractivity contribution in [1.82, 2.24) is 5.32 Å². The molecule has 0 heterocycles. The molecule has 0 amide bonds. The minimum absolute atomic E-state index is 0.270. The molecule has 1 N–H and O–H groups in total. The molecule has 3 nitrogen and oxygen atoms in total. The molecule has 1 saturated carbocycles. The summed E-state index contributed by atoms with van der Waals surface area (Å²) in [7, 11) is -0.828. The van der Waals surface area contributed by atoms with Gasteiger partial charge in [-0.1, -0.05) is 27.7 Å². The lowest BCUT2D eigenvalue weighted by Gasteiger charge is -2.42. The summed E-state index contributed by atoms with van der Waals surface area (Å²) in [6.45, 7) is 8.65. The number of rotatable bonds is 5. The Balaban J connectivity index is 2.65. The Morgan fingerprint density at radius 1 is 1.21 bits per heavy atom. The number of hydrogen-bond acceptors (Lipinski definition) is 3. The second-order valence-corrected chi connectivity index (χ2v) is 9.53. The largest absolute Gasteiger partial charge is 0.317 e. The van der Waals surface area contributed by atoms with Crippen LogP contribution in [0.3, 0.4) is 0 Å². The van der Waals surface area contributed by atoms with E-state index in [9.17, 15) is 8.42 Å². The number of sulfone groups is 1. The summed E-state index contributed by atoms with van der Waals surface area (Å²) in [5.74, 6) is 1.84. The molecule has 0 aromatic heterocycles. The molecule has 0 aliphatic heterocycles. The van der Waals surface area contributed by atoms with Crippen molar-refractivity contribution < 1.29 is 8.42 Å². The Morgan fingerprint density at radius 2 is 1.84 bits per heavy atom. The van der Waals surface area contributed by atoms with Gasteiger partial charge in [0.25, 0.3) is 0 Å². The van der Waals surface area contributed by atoms with E-state index in [1.54, 1.807) is 6.92 Å². The third-order valence-corrected chi connectivity index (χ3v) is 6.55. The number of hydrogen-bond donors (Lipinski definition) is 1. The Labute approximate surface area is 119 Å². The first-order valence-electron chi connectivity index (χ1n) is 7.57. The van der Waals surface area contributed by atoms with Gasteiger partial charge in [0.1, 0.15) is 9.84 Å². The monoisotopic (exact) mass is 289 g/mol. The molecule has 1 rings (SSSR count). The van der Waals surface area contributed by atoms with Gasteiger partial charge < -0.3 is 5.32 Å². The average Bonchev–Trinajstić information content (AvgIpc) is 2.35. The van der Waals surface area contributed by atoms with E-state index in [0.29, 0.717) is 29.0 Å². The molecule has 3 atom stereocenters. The van der Waals surface area contributed by atoms with Crippen molar-refractivity contribution in [2.24, 2.45) is 17.3 Å². The van der Waals surface area contributed by atoms with Crippen LogP contribution in [0.5, 0.6) is 0 Å². The maximum Gasteiger partial charge on any atom is 0.150 e. The second kappa shape index (κ2) is 6.57. The van der Waals surface area contributed by atoms with E-state index in [-0.39, 0.29) is 5.75 Å². The first-order valence-corrected chi connectivity index (χ1v) is 9.39. The van der Waals surface area contributed by atoms with Crippen molar-refractivity contribution >= 4 is 9.84 Å². The van der Waals surface area contributed by atoms with Crippen LogP contribution in [0.4, 0.5) is 0 Å². The second-order valence-electron chi connectivity index (χ2n) is 7.06. The maximum atomic E-state index is 11.7. The zero-order valence-electron chi connectivity index (χ0n) is 13.2. The SMILES string of the molecule is CCS(=O)(=O)CCC1CC(C(C)(C)C)CCC1NC. The first-order chi connectivity index (χ1) is 8.69. The molecule has 114 valence electrons. The van der Waals surface area contributed by atoms with Gasteiger partial charge in [0.15, 0.2) is 0 Å². The minimum Gasteiger partial charge on any atom is -0.317 e. The van der Waals surface area contributed by atoms with Gasteiger partial charge in [-0.05, 0) is 50.0 Å². The summed E-state index contributed by atoms with van der Waals surface area (Å²) >= 11 is 0. The van der Waals surface area contributed by atoms with Crippen LogP contribution < -0.4 is 5.32 Å². The molecule has 0 aromatic carbocycles. The summed E-state index contributed by atoms with van der Waals surface area (Å²) in [5.41, 5.74) is 0.334. The normalized spacial score (nSPS) is 29.4. The van der Waals surface area contributed by atoms with E-state index in [1.165, 1.54) is 12.8 Å². The quantitative estimate of drug-likeness (QED) is 0.846. The third-order valence-electron chi connectivity index (χ3n) is 4.82. The molecule has 1 aliphatic rings. The molecule has 0 spiro atoms. The Hall–Kier alpha value is -0.0900. The van der Waals surface area contributed by atoms with Crippen LogP contribution in [0.1, 0.15) is 53.4 Å². The first kappa shape index (κ1) is 17.0. The van der Waals surface area contributed by atoms with Gasteiger partial charge in [-0.2, -0.15) is 0 Å². The highest BCUT2D eigenvalue weighted by Crippen LogP contribution is 2.41. The van der Waals surface area contributed by atoms with Gasteiger partial charge in [-0.15, -0.1) is 0 Å². The standard InChI is InChI=1S/C15H31NO2S/c1-6-19(17,18)10-9-12-11-13(15(2,3)4)7-8-14(12)16-5/h12-14,16H,6-11H2,1-5H3. The van der Waals surface area contributed by atoms with Crippen LogP contribution in [0, 0.1) is 17.3 Å². The third kappa shape index (κ3) is 5.07. The lowest BCUT2D eigenvalue weighted by atomic mass is 9.67. The lowest BCUT2D eigenvalue weighted by molar-refractivity contribution is 0.115. The van der Waals surface area contributed by atoms with Gasteiger partial charge in [0.2, 0.25) is 0 Å². The molecule has 0 radical (unpaired) electrons. The van der Waals surface area contributed by atoms with Gasteiger partial charge in [0.05, 0.1) is 5.75 Å². The highest BCUT2D eigenvalue weighted by Gasteiger charge is 2.35. The van der Waals surface area contributed by atoms with Crippen LogP contribution in [0.15, 0.2) is 0 Å². The molecular weight excluding hydrogens is 258 g/mol. The highest BCUT2D eigenvalue weighted by molar-refractivity contribution is 7.91. The van der Waals surface area contributed by atoms with Crippen LogP contribution in [-0.2, 0) is 9.84 Å². The van der Waals surface area contributed by atoms with E-state index >= 15 is 0 Å². The molecule has 0 saturated heterocycles. The zero-order chi connectivity index (χ0) is 14.7. The minimum atomic E-state index is -2.83. The molecule has 19 heavy (non-hydrogen) atoms. The fourth-order valence-corrected chi connectivity index (χ4v) is 4.18. The van der Waals surface area contributed by atoms with Crippen molar-refractivity contribution in [3.63, 3.8) is 0 Å². The fourth-order valence-electron chi connectivity index (χ4n) is 3.22. The predicted octanol–water partition coefficient (Wildman–Crippen LogP) is 2.86. The molecule has 1 fully saturated rings. The molecule has 0 aromatic rings. The Kier molecular flexibility index (Phi) is 5.87. The van der Waals surface area contributed by atoms with E-state index in [2.05, 4.69) is 26.1 Å². The van der Waals surface area contributed by atoms with Crippen LogP contribution in [0.2, 0.25) is 0 Å². The van der Waals surface area contributed by atoms with Crippen molar-refractivity contribution in [2.45, 2.75) is 59.4 Å². The molecule has 4 heteroatoms. The van der Waals surface area contributed by atoms with Crippen molar-refractivity contribution in [2.75, 3.05) is 18.6 Å². The summed E-state index contributed by atoms with van der Waals surface area (Å²) in [6.07, 6.45) is 4.41. The smallest absolute Gasteiger partial charge is 0.150 e. The fraction of sp³-hybridized carbons (Fsp3) is 1.00. The molecule has 0 bridgehead atoms. The zero-order valence-corrected chi connectivity index (χ0v) is 14.0. The maximum absolute atomic E-state index is 11.7. The van der Waals surface area contributed by atoms with Gasteiger partial charge in [0, 0.05) is 11.8 Å². The molecular formula is C15H31NO2S. The summed E-state index contributed by atoms with van der Waals surface area (Å²) in [6, 6.07) is 0.491.